The van der Waals surface area contributed by atoms with Crippen molar-refractivity contribution in [2.75, 3.05) is 19.6 Å². The minimum Gasteiger partial charge on any atom is -0.444 e. The van der Waals surface area contributed by atoms with E-state index in [1.807, 2.05) is 43.9 Å². The van der Waals surface area contributed by atoms with Gasteiger partial charge in [0.25, 0.3) is 0 Å². The zero-order chi connectivity index (χ0) is 31.2. The molecule has 1 saturated carbocycles. The van der Waals surface area contributed by atoms with Crippen molar-refractivity contribution >= 4 is 28.9 Å². The Labute approximate surface area is 257 Å². The maximum atomic E-state index is 13.1. The fraction of sp³-hybridized carbons (Fsp3) is 0.529. The average Bonchev–Trinajstić information content (AvgIpc) is 3.25. The number of amides is 3. The fourth-order valence-corrected chi connectivity index (χ4v) is 7.25. The van der Waals surface area contributed by atoms with Gasteiger partial charge in [0.15, 0.2) is 0 Å². The first-order valence-corrected chi connectivity index (χ1v) is 15.9. The van der Waals surface area contributed by atoms with Crippen molar-refractivity contribution in [3.05, 3.63) is 58.5 Å². The van der Waals surface area contributed by atoms with Crippen LogP contribution >= 0.6 is 0 Å². The average molecular weight is 602 g/mol. The SMILES string of the molecule is Cn1c(=O)n(C2CCC(=O)NC2=O)c2ccc(-c3ccc(C4CCC(C5CNCCN5C(=O)OC(C)(C)C)CC4)cc3)cc21. The standard InChI is InChI=1S/C34H43N5O5/c1-34(2,3)44-33(43)38-18-17-35-20-29(38)24-11-9-22(10-12-24)21-5-7-23(8-6-21)25-13-14-26-28(19-25)37(4)32(42)39(26)27-15-16-30(40)36-31(27)41/h5-8,13-14,19,22,24,27,29,35H,9-12,15-18,20H2,1-4H3,(H,36,40,41). The van der Waals surface area contributed by atoms with Crippen molar-refractivity contribution in [1.29, 1.82) is 0 Å². The molecule has 3 aromatic rings. The minimum absolute atomic E-state index is 0.165. The monoisotopic (exact) mass is 601 g/mol. The number of fused-ring (bicyclic) bond motifs is 1. The molecule has 0 radical (unpaired) electrons. The Bertz CT molecular complexity index is 1620. The van der Waals surface area contributed by atoms with Crippen LogP contribution in [0.3, 0.4) is 0 Å². The van der Waals surface area contributed by atoms with Gasteiger partial charge < -0.3 is 15.0 Å². The molecule has 3 heterocycles. The summed E-state index contributed by atoms with van der Waals surface area (Å²) in [7, 11) is 1.71. The van der Waals surface area contributed by atoms with Crippen molar-refractivity contribution in [1.82, 2.24) is 24.7 Å². The Morgan fingerprint density at radius 3 is 2.30 bits per heavy atom. The highest BCUT2D eigenvalue weighted by atomic mass is 16.6. The van der Waals surface area contributed by atoms with Crippen molar-refractivity contribution < 1.29 is 19.1 Å². The first-order valence-electron chi connectivity index (χ1n) is 15.9. The second-order valence-corrected chi connectivity index (χ2v) is 13.6. The highest BCUT2D eigenvalue weighted by Crippen LogP contribution is 2.39. The van der Waals surface area contributed by atoms with E-state index in [-0.39, 0.29) is 30.2 Å². The molecule has 2 atom stereocenters. The molecule has 0 bridgehead atoms. The molecule has 2 aromatic carbocycles. The molecule has 3 aliphatic rings. The van der Waals surface area contributed by atoms with E-state index in [4.69, 9.17) is 4.74 Å². The summed E-state index contributed by atoms with van der Waals surface area (Å²) in [5.41, 5.74) is 4.05. The van der Waals surface area contributed by atoms with Gasteiger partial charge in [-0.05, 0) is 93.5 Å². The number of piperazine rings is 1. The molecule has 234 valence electrons. The summed E-state index contributed by atoms with van der Waals surface area (Å²) in [6, 6.07) is 14.1. The van der Waals surface area contributed by atoms with E-state index < -0.39 is 17.6 Å². The number of carbonyl (C=O) groups excluding carboxylic acids is 3. The first-order chi connectivity index (χ1) is 21.0. The highest BCUT2D eigenvalue weighted by molar-refractivity contribution is 6.00. The van der Waals surface area contributed by atoms with Gasteiger partial charge in [-0.2, -0.15) is 0 Å². The molecule has 10 heteroatoms. The Kier molecular flexibility index (Phi) is 8.13. The Morgan fingerprint density at radius 2 is 1.61 bits per heavy atom. The molecule has 3 fully saturated rings. The lowest BCUT2D eigenvalue weighted by Crippen LogP contribution is -2.57. The maximum Gasteiger partial charge on any atom is 0.410 e. The molecule has 2 saturated heterocycles. The number of rotatable bonds is 4. The number of nitrogens with zero attached hydrogens (tertiary/aromatic N) is 3. The number of benzene rings is 2. The summed E-state index contributed by atoms with van der Waals surface area (Å²) >= 11 is 0. The molecule has 1 aromatic heterocycles. The first kappa shape index (κ1) is 30.1. The van der Waals surface area contributed by atoms with E-state index in [9.17, 15) is 19.2 Å². The third-order valence-corrected chi connectivity index (χ3v) is 9.55. The topological polar surface area (TPSA) is 115 Å². The van der Waals surface area contributed by atoms with E-state index in [1.54, 1.807) is 11.6 Å². The van der Waals surface area contributed by atoms with E-state index in [0.29, 0.717) is 30.3 Å². The second kappa shape index (κ2) is 11.9. The molecule has 1 aliphatic carbocycles. The maximum absolute atomic E-state index is 13.1. The fourth-order valence-electron chi connectivity index (χ4n) is 7.25. The highest BCUT2D eigenvalue weighted by Gasteiger charge is 2.37. The normalized spacial score (nSPS) is 24.8. The smallest absolute Gasteiger partial charge is 0.410 e. The Balaban J connectivity index is 1.14. The van der Waals surface area contributed by atoms with E-state index >= 15 is 0 Å². The quantitative estimate of drug-likeness (QED) is 0.427. The van der Waals surface area contributed by atoms with Gasteiger partial charge in [0.1, 0.15) is 11.6 Å². The van der Waals surface area contributed by atoms with E-state index in [1.165, 1.54) is 10.1 Å². The number of carbonyl (C=O) groups is 3. The van der Waals surface area contributed by atoms with Crippen LogP contribution in [0.4, 0.5) is 4.79 Å². The molecule has 2 unspecified atom stereocenters. The summed E-state index contributed by atoms with van der Waals surface area (Å²) < 4.78 is 8.80. The van der Waals surface area contributed by atoms with Gasteiger partial charge in [-0.25, -0.2) is 9.59 Å². The zero-order valence-corrected chi connectivity index (χ0v) is 26.1. The number of piperidine rings is 1. The van der Waals surface area contributed by atoms with Gasteiger partial charge >= 0.3 is 11.8 Å². The molecule has 44 heavy (non-hydrogen) atoms. The van der Waals surface area contributed by atoms with Crippen LogP contribution in [-0.2, 0) is 21.4 Å². The largest absolute Gasteiger partial charge is 0.444 e. The van der Waals surface area contributed by atoms with Gasteiger partial charge in [-0.15, -0.1) is 0 Å². The van der Waals surface area contributed by atoms with Crippen LogP contribution in [0.5, 0.6) is 0 Å². The summed E-state index contributed by atoms with van der Waals surface area (Å²) in [6.45, 7) is 8.05. The number of ether oxygens (including phenoxy) is 1. The van der Waals surface area contributed by atoms with Crippen LogP contribution in [0, 0.1) is 5.92 Å². The van der Waals surface area contributed by atoms with Crippen molar-refractivity contribution in [3.8, 4) is 11.1 Å². The summed E-state index contributed by atoms with van der Waals surface area (Å²) in [4.78, 5) is 52.2. The third-order valence-electron chi connectivity index (χ3n) is 9.55. The Hall–Kier alpha value is -3.92. The van der Waals surface area contributed by atoms with E-state index in [2.05, 4.69) is 34.9 Å². The van der Waals surface area contributed by atoms with Crippen molar-refractivity contribution in [2.45, 2.75) is 82.9 Å². The zero-order valence-electron chi connectivity index (χ0n) is 26.1. The predicted octanol–water partition coefficient (Wildman–Crippen LogP) is 4.47. The van der Waals surface area contributed by atoms with Crippen LogP contribution in [0.2, 0.25) is 0 Å². The van der Waals surface area contributed by atoms with Crippen LogP contribution in [-0.4, -0.2) is 63.2 Å². The summed E-state index contributed by atoms with van der Waals surface area (Å²) in [5, 5.41) is 5.84. The molecule has 2 aliphatic heterocycles. The van der Waals surface area contributed by atoms with Gasteiger partial charge in [-0.1, -0.05) is 30.3 Å². The molecule has 10 nitrogen and oxygen atoms in total. The van der Waals surface area contributed by atoms with Crippen LogP contribution in [0.1, 0.15) is 76.8 Å². The van der Waals surface area contributed by atoms with Gasteiger partial charge in [0.05, 0.1) is 17.1 Å². The van der Waals surface area contributed by atoms with Crippen LogP contribution < -0.4 is 16.3 Å². The second-order valence-electron chi connectivity index (χ2n) is 13.6. The number of imide groups is 1. The third kappa shape index (κ3) is 5.92. The number of aryl methyl sites for hydroxylation is 1. The molecule has 0 spiro atoms. The van der Waals surface area contributed by atoms with Gasteiger partial charge in [0.2, 0.25) is 11.8 Å². The molecule has 6 rings (SSSR count). The number of hydrogen-bond acceptors (Lipinski definition) is 6. The lowest BCUT2D eigenvalue weighted by molar-refractivity contribution is -0.135. The summed E-state index contributed by atoms with van der Waals surface area (Å²) in [5.74, 6) is 0.208. The molecule has 2 N–H and O–H groups in total. The van der Waals surface area contributed by atoms with E-state index in [0.717, 1.165) is 55.4 Å². The minimum atomic E-state index is -0.695. The number of aromatic nitrogens is 2. The number of nitrogens with one attached hydrogen (secondary N) is 2. The van der Waals surface area contributed by atoms with Crippen LogP contribution in [0.25, 0.3) is 22.2 Å². The summed E-state index contributed by atoms with van der Waals surface area (Å²) in [6.07, 6.45) is 4.66. The van der Waals surface area contributed by atoms with Crippen molar-refractivity contribution in [2.24, 2.45) is 13.0 Å². The predicted molar refractivity (Wildman–Crippen MR) is 168 cm³/mol. The lowest BCUT2D eigenvalue weighted by Gasteiger charge is -2.43. The molecular formula is C34H43N5O5. The molecule has 3 amide bonds. The van der Waals surface area contributed by atoms with Crippen LogP contribution in [0.15, 0.2) is 47.3 Å². The molecular weight excluding hydrogens is 558 g/mol. The number of hydrogen-bond donors (Lipinski definition) is 2. The van der Waals surface area contributed by atoms with Crippen molar-refractivity contribution in [3.63, 3.8) is 0 Å². The Morgan fingerprint density at radius 1 is 0.909 bits per heavy atom. The van der Waals surface area contributed by atoms with Gasteiger partial charge in [-0.3, -0.25) is 24.0 Å². The van der Waals surface area contributed by atoms with Gasteiger partial charge in [0, 0.05) is 33.1 Å². The lowest BCUT2D eigenvalue weighted by atomic mass is 9.75. The number of imidazole rings is 1.